The number of carbonyl (C=O) groups excluding carboxylic acids is 1. The van der Waals surface area contributed by atoms with Gasteiger partial charge in [0.25, 0.3) is 11.1 Å². The molecule has 4 N–H and O–H groups in total. The maximum atomic E-state index is 12.5. The van der Waals surface area contributed by atoms with Crippen LogP contribution in [-0.2, 0) is 11.3 Å². The molecular formula is C22H26N4O3. The number of benzene rings is 2. The van der Waals surface area contributed by atoms with E-state index in [9.17, 15) is 14.4 Å². The van der Waals surface area contributed by atoms with Crippen molar-refractivity contribution in [3.05, 3.63) is 80.4 Å². The van der Waals surface area contributed by atoms with Crippen LogP contribution in [0.2, 0.25) is 0 Å². The average molecular weight is 394 g/mol. The van der Waals surface area contributed by atoms with Gasteiger partial charge in [-0.2, -0.15) is 0 Å². The number of nitrogens with two attached hydrogens (primary N) is 1. The summed E-state index contributed by atoms with van der Waals surface area (Å²) in [6, 6.07) is 14.3. The van der Waals surface area contributed by atoms with Gasteiger partial charge in [0, 0.05) is 19.0 Å². The number of hydrogen-bond donors (Lipinski definition) is 3. The van der Waals surface area contributed by atoms with Crippen LogP contribution < -0.4 is 22.2 Å². The second kappa shape index (κ2) is 8.87. The lowest BCUT2D eigenvalue weighted by molar-refractivity contribution is -0.121. The maximum Gasteiger partial charge on any atom is 0.273 e. The molecule has 0 fully saturated rings. The van der Waals surface area contributed by atoms with Crippen LogP contribution in [0.5, 0.6) is 0 Å². The first-order chi connectivity index (χ1) is 13.9. The van der Waals surface area contributed by atoms with Crippen LogP contribution in [0.1, 0.15) is 43.4 Å². The topological polar surface area (TPSA) is 110 Å². The Morgan fingerprint density at radius 3 is 2.31 bits per heavy atom. The van der Waals surface area contributed by atoms with Gasteiger partial charge in [-0.15, -0.1) is 0 Å². The number of aromatic nitrogens is 2. The summed E-state index contributed by atoms with van der Waals surface area (Å²) in [5.41, 5.74) is 7.67. The van der Waals surface area contributed by atoms with Gasteiger partial charge in [0.1, 0.15) is 0 Å². The molecule has 1 unspecified atom stereocenters. The molecule has 7 nitrogen and oxygen atoms in total. The van der Waals surface area contributed by atoms with Crippen molar-refractivity contribution in [3.63, 3.8) is 0 Å². The number of fused-ring (bicyclic) bond motifs is 1. The second-order valence-corrected chi connectivity index (χ2v) is 7.43. The van der Waals surface area contributed by atoms with Gasteiger partial charge in [0.15, 0.2) is 0 Å². The Kier molecular flexibility index (Phi) is 6.29. The Hall–Kier alpha value is -3.19. The van der Waals surface area contributed by atoms with Crippen molar-refractivity contribution >= 4 is 16.7 Å². The molecule has 29 heavy (non-hydrogen) atoms. The summed E-state index contributed by atoms with van der Waals surface area (Å²) < 4.78 is 1.18. The fraction of sp³-hybridized carbons (Fsp3) is 0.318. The van der Waals surface area contributed by atoms with Gasteiger partial charge >= 0.3 is 0 Å². The molecule has 152 valence electrons. The number of carbonyl (C=O) groups is 1. The Morgan fingerprint density at radius 1 is 1.03 bits per heavy atom. The minimum Gasteiger partial charge on any atom is -0.354 e. The van der Waals surface area contributed by atoms with E-state index in [0.717, 1.165) is 5.56 Å². The predicted molar refractivity (Wildman–Crippen MR) is 114 cm³/mol. The quantitative estimate of drug-likeness (QED) is 0.569. The summed E-state index contributed by atoms with van der Waals surface area (Å²) in [6.07, 6.45) is 0.0627. The van der Waals surface area contributed by atoms with E-state index < -0.39 is 0 Å². The molecule has 0 spiro atoms. The fourth-order valence-electron chi connectivity index (χ4n) is 3.18. The van der Waals surface area contributed by atoms with E-state index in [0.29, 0.717) is 23.2 Å². The summed E-state index contributed by atoms with van der Waals surface area (Å²) in [5, 5.41) is 5.99. The number of amides is 1. The molecule has 1 aromatic heterocycles. The molecule has 0 aliphatic rings. The van der Waals surface area contributed by atoms with Crippen LogP contribution in [0, 0.1) is 0 Å². The second-order valence-electron chi connectivity index (χ2n) is 7.43. The fourth-order valence-corrected chi connectivity index (χ4v) is 3.18. The van der Waals surface area contributed by atoms with Crippen molar-refractivity contribution in [2.45, 2.75) is 38.8 Å². The Morgan fingerprint density at radius 2 is 1.66 bits per heavy atom. The van der Waals surface area contributed by atoms with Gasteiger partial charge in [-0.1, -0.05) is 50.2 Å². The van der Waals surface area contributed by atoms with Gasteiger partial charge in [-0.05, 0) is 29.2 Å². The lowest BCUT2D eigenvalue weighted by Crippen LogP contribution is -2.35. The Balaban J connectivity index is 1.58. The van der Waals surface area contributed by atoms with E-state index >= 15 is 0 Å². The summed E-state index contributed by atoms with van der Waals surface area (Å²) in [6.45, 7) is 4.64. The highest BCUT2D eigenvalue weighted by Gasteiger charge is 2.11. The third-order valence-electron chi connectivity index (χ3n) is 5.00. The van der Waals surface area contributed by atoms with Crippen molar-refractivity contribution < 1.29 is 4.79 Å². The van der Waals surface area contributed by atoms with Crippen molar-refractivity contribution in [2.75, 3.05) is 6.54 Å². The normalized spacial score (nSPS) is 12.3. The highest BCUT2D eigenvalue weighted by molar-refractivity contribution is 5.80. The first-order valence-corrected chi connectivity index (χ1v) is 9.71. The smallest absolute Gasteiger partial charge is 0.273 e. The van der Waals surface area contributed by atoms with Crippen molar-refractivity contribution in [1.82, 2.24) is 15.1 Å². The van der Waals surface area contributed by atoms with E-state index in [4.69, 9.17) is 5.73 Å². The van der Waals surface area contributed by atoms with E-state index in [-0.39, 0.29) is 36.0 Å². The molecule has 3 rings (SSSR count). The molecule has 0 aliphatic heterocycles. The van der Waals surface area contributed by atoms with Crippen LogP contribution in [0.25, 0.3) is 10.8 Å². The number of aromatic amines is 1. The monoisotopic (exact) mass is 394 g/mol. The summed E-state index contributed by atoms with van der Waals surface area (Å²) in [5.74, 6) is 0.213. The van der Waals surface area contributed by atoms with E-state index in [2.05, 4.69) is 24.3 Å². The minimum atomic E-state index is -0.354. The molecule has 1 atom stereocenters. The molecular weight excluding hydrogens is 368 g/mol. The lowest BCUT2D eigenvalue weighted by Gasteiger charge is -2.15. The number of hydrogen-bond acceptors (Lipinski definition) is 4. The molecule has 0 aliphatic carbocycles. The summed E-state index contributed by atoms with van der Waals surface area (Å²) >= 11 is 0. The number of nitrogens with zero attached hydrogens (tertiary/aromatic N) is 1. The van der Waals surface area contributed by atoms with Gasteiger partial charge in [-0.3, -0.25) is 19.5 Å². The van der Waals surface area contributed by atoms with E-state index in [1.807, 2.05) is 24.3 Å². The number of H-pyrrole nitrogens is 1. The number of aryl methyl sites for hydroxylation is 1. The molecule has 3 aromatic rings. The van der Waals surface area contributed by atoms with Crippen LogP contribution >= 0.6 is 0 Å². The zero-order valence-electron chi connectivity index (χ0n) is 16.6. The molecule has 0 saturated heterocycles. The molecule has 1 heterocycles. The predicted octanol–water partition coefficient (Wildman–Crippen LogP) is 2.02. The average Bonchev–Trinajstić information content (AvgIpc) is 2.73. The van der Waals surface area contributed by atoms with Gasteiger partial charge in [0.05, 0.1) is 17.3 Å². The number of rotatable bonds is 7. The zero-order chi connectivity index (χ0) is 21.0. The van der Waals surface area contributed by atoms with Crippen molar-refractivity contribution in [3.8, 4) is 0 Å². The van der Waals surface area contributed by atoms with Gasteiger partial charge in [-0.25, -0.2) is 4.68 Å². The lowest BCUT2D eigenvalue weighted by atomic mass is 9.99. The molecule has 2 aromatic carbocycles. The summed E-state index contributed by atoms with van der Waals surface area (Å²) in [4.78, 5) is 36.7. The third-order valence-corrected chi connectivity index (χ3v) is 5.00. The van der Waals surface area contributed by atoms with Gasteiger partial charge < -0.3 is 11.1 Å². The highest BCUT2D eigenvalue weighted by Crippen LogP contribution is 2.17. The Labute approximate surface area is 168 Å². The first kappa shape index (κ1) is 20.5. The van der Waals surface area contributed by atoms with Crippen molar-refractivity contribution in [1.29, 1.82) is 0 Å². The standard InChI is InChI=1S/C22H26N4O3/c1-14(2)15-7-9-16(10-8-15)19(23)13-24-20(27)11-12-26-22(29)18-6-4-3-5-17(18)21(28)25-26/h3-10,14,19H,11-13,23H2,1-2H3,(H,24,27)(H,25,28). The van der Waals surface area contributed by atoms with E-state index in [1.165, 1.54) is 10.2 Å². The largest absolute Gasteiger partial charge is 0.354 e. The summed E-state index contributed by atoms with van der Waals surface area (Å²) in [7, 11) is 0. The maximum absolute atomic E-state index is 12.5. The van der Waals surface area contributed by atoms with Crippen LogP contribution in [0.15, 0.2) is 58.1 Å². The SMILES string of the molecule is CC(C)c1ccc(C(N)CNC(=O)CCn2[nH]c(=O)c3ccccc3c2=O)cc1. The molecule has 0 saturated carbocycles. The zero-order valence-corrected chi connectivity index (χ0v) is 16.6. The minimum absolute atomic E-state index is 0.0627. The highest BCUT2D eigenvalue weighted by atomic mass is 16.2. The van der Waals surface area contributed by atoms with Crippen LogP contribution in [-0.4, -0.2) is 22.2 Å². The Bertz CT molecular complexity index is 1110. The third kappa shape index (κ3) is 4.81. The first-order valence-electron chi connectivity index (χ1n) is 9.71. The van der Waals surface area contributed by atoms with Gasteiger partial charge in [0.2, 0.25) is 5.91 Å². The van der Waals surface area contributed by atoms with Crippen LogP contribution in [0.4, 0.5) is 0 Å². The molecule has 0 radical (unpaired) electrons. The van der Waals surface area contributed by atoms with Crippen LogP contribution in [0.3, 0.4) is 0 Å². The molecule has 1 amide bonds. The number of nitrogens with one attached hydrogen (secondary N) is 2. The molecule has 0 bridgehead atoms. The van der Waals surface area contributed by atoms with E-state index in [1.54, 1.807) is 24.3 Å². The molecule has 7 heteroatoms. The van der Waals surface area contributed by atoms with Crippen molar-refractivity contribution in [2.24, 2.45) is 5.73 Å².